The molecule has 0 saturated heterocycles. The Morgan fingerprint density at radius 2 is 1.12 bits per heavy atom. The summed E-state index contributed by atoms with van der Waals surface area (Å²) < 4.78 is 17.7. The van der Waals surface area contributed by atoms with Crippen molar-refractivity contribution in [2.45, 2.75) is 65.8 Å². The van der Waals surface area contributed by atoms with Crippen molar-refractivity contribution in [1.29, 1.82) is 0 Å². The van der Waals surface area contributed by atoms with Crippen LogP contribution in [0.1, 0.15) is 78.1 Å². The molecule has 0 bridgehead atoms. The molecule has 0 aliphatic rings. The fourth-order valence-electron chi connectivity index (χ4n) is 8.03. The van der Waals surface area contributed by atoms with E-state index in [9.17, 15) is 24.3 Å². The van der Waals surface area contributed by atoms with Crippen molar-refractivity contribution in [2.24, 2.45) is 28.2 Å². The van der Waals surface area contributed by atoms with E-state index in [-0.39, 0.29) is 29.3 Å². The van der Waals surface area contributed by atoms with E-state index in [0.717, 1.165) is 63.7 Å². The lowest BCUT2D eigenvalue weighted by Crippen LogP contribution is -2.37. The van der Waals surface area contributed by atoms with E-state index >= 15 is 0 Å². The molecule has 1 unspecified atom stereocenters. The first-order valence-electron chi connectivity index (χ1n) is 21.9. The smallest absolute Gasteiger partial charge is 0.332 e. The van der Waals surface area contributed by atoms with E-state index in [0.29, 0.717) is 60.9 Å². The van der Waals surface area contributed by atoms with E-state index in [1.807, 2.05) is 94.9 Å². The first-order valence-corrected chi connectivity index (χ1v) is 25.0. The molecule has 17 heteroatoms. The molecule has 0 aliphatic carbocycles. The third-order valence-electron chi connectivity index (χ3n) is 11.3. The predicted octanol–water partition coefficient (Wildman–Crippen LogP) is 8.09. The van der Waals surface area contributed by atoms with Crippen molar-refractivity contribution in [3.63, 3.8) is 0 Å². The summed E-state index contributed by atoms with van der Waals surface area (Å²) in [7, 11) is 6.27. The predicted molar refractivity (Wildman–Crippen MR) is 281 cm³/mol. The monoisotopic (exact) mass is 1150 g/mol. The average Bonchev–Trinajstić information content (AvgIpc) is 3.87. The quantitative estimate of drug-likeness (QED) is 0.0899. The highest BCUT2D eigenvalue weighted by Crippen LogP contribution is 2.31. The van der Waals surface area contributed by atoms with Crippen LogP contribution in [-0.2, 0) is 65.7 Å². The zero-order valence-corrected chi connectivity index (χ0v) is 44.0. The molecule has 0 amide bonds. The fraction of sp³-hybridized carbons (Fsp3) is 0.320. The Morgan fingerprint density at radius 1 is 0.627 bits per heavy atom. The van der Waals surface area contributed by atoms with Gasteiger partial charge in [-0.1, -0.05) is 141 Å². The van der Waals surface area contributed by atoms with Gasteiger partial charge in [0, 0.05) is 69.2 Å². The van der Waals surface area contributed by atoms with E-state index < -0.39 is 5.69 Å². The molecule has 0 radical (unpaired) electrons. The van der Waals surface area contributed by atoms with Crippen LogP contribution in [0.3, 0.4) is 0 Å². The largest absolute Gasteiger partial charge is 0.392 e. The maximum absolute atomic E-state index is 13.3. The number of hydrogen-bond donors (Lipinski definition) is 1. The van der Waals surface area contributed by atoms with Crippen molar-refractivity contribution in [3.05, 3.63) is 193 Å². The van der Waals surface area contributed by atoms with Crippen LogP contribution in [-0.4, -0.2) is 53.5 Å². The number of fused-ring (bicyclic) bond motifs is 2. The molecule has 14 nitrogen and oxygen atoms in total. The Labute approximate surface area is 418 Å². The number of alkyl halides is 1. The van der Waals surface area contributed by atoms with E-state index in [1.165, 1.54) is 27.7 Å². The molecule has 0 saturated carbocycles. The Kier molecular flexibility index (Phi) is 17.7. The SMILES string of the molecule is CCI.CCOCc1cccc(C(CC)c2nc3c(c(=O)n(C)c(=O)n3C)n2Cc2cccc(Br)c2)c1.Cn1c(=O)c2c(nc(Cc3cccc(CO)c3)n2Cc2cccc(Br)c2)n(C)c1=O. The molecule has 67 heavy (non-hydrogen) atoms. The van der Waals surface area contributed by atoms with Gasteiger partial charge in [-0.2, -0.15) is 0 Å². The normalized spacial score (nSPS) is 11.6. The van der Waals surface area contributed by atoms with Crippen molar-refractivity contribution in [3.8, 4) is 0 Å². The van der Waals surface area contributed by atoms with Crippen LogP contribution >= 0.6 is 54.5 Å². The number of imidazole rings is 2. The molecule has 1 atom stereocenters. The van der Waals surface area contributed by atoms with Gasteiger partial charge in [0.25, 0.3) is 11.1 Å². The Morgan fingerprint density at radius 3 is 1.67 bits per heavy atom. The molecule has 0 aliphatic heterocycles. The standard InChI is InChI=1S/C26H29BrN4O3.C22H21BrN4O3.C2H5I/c1-5-21(19-11-7-10-18(13-19)16-34-6-2)23-28-24-22(25(32)30(4)26(33)29(24)3)31(23)15-17-9-8-12-20(27)14-17;1-25-20-19(21(29)26(2)22(25)30)27(12-15-6-4-8-17(23)10-15)18(24-20)11-14-5-3-7-16(9-14)13-28;1-2-3/h7-14,21H,5-6,15-16H2,1-4H3;3-10,28H,11-13H2,1-2H3;2H2,1H3. The molecular formula is C50H55Br2IN8O6. The Bertz CT molecular complexity index is 3280. The number of hydrogen-bond acceptors (Lipinski definition) is 8. The first kappa shape index (κ1) is 51.2. The molecule has 1 N–H and O–H groups in total. The maximum atomic E-state index is 13.3. The van der Waals surface area contributed by atoms with Gasteiger partial charge in [0.05, 0.1) is 13.2 Å². The molecule has 4 heterocycles. The van der Waals surface area contributed by atoms with Crippen LogP contribution in [0, 0.1) is 0 Å². The molecule has 8 rings (SSSR count). The van der Waals surface area contributed by atoms with Crippen LogP contribution < -0.4 is 22.5 Å². The van der Waals surface area contributed by atoms with E-state index in [4.69, 9.17) is 9.72 Å². The summed E-state index contributed by atoms with van der Waals surface area (Å²) in [5.74, 6) is 1.39. The number of halogens is 3. The molecule has 0 fully saturated rings. The minimum atomic E-state index is -0.409. The number of aliphatic hydroxyl groups excluding tert-OH is 1. The number of aryl methyl sites for hydroxylation is 2. The third kappa shape index (κ3) is 11.6. The van der Waals surface area contributed by atoms with Crippen molar-refractivity contribution in [2.75, 3.05) is 11.0 Å². The molecule has 4 aromatic heterocycles. The van der Waals surface area contributed by atoms with Gasteiger partial charge in [0.2, 0.25) is 0 Å². The van der Waals surface area contributed by atoms with Crippen LogP contribution in [0.15, 0.2) is 125 Å². The molecular weight excluding hydrogens is 1100 g/mol. The molecule has 4 aromatic carbocycles. The third-order valence-corrected chi connectivity index (χ3v) is 12.3. The zero-order valence-electron chi connectivity index (χ0n) is 38.7. The molecule has 8 aromatic rings. The van der Waals surface area contributed by atoms with Crippen LogP contribution in [0.4, 0.5) is 0 Å². The lowest BCUT2D eigenvalue weighted by Gasteiger charge is -2.18. The highest BCUT2D eigenvalue weighted by atomic mass is 127. The second-order valence-corrected chi connectivity index (χ2v) is 19.3. The fourth-order valence-corrected chi connectivity index (χ4v) is 8.92. The summed E-state index contributed by atoms with van der Waals surface area (Å²) in [6.45, 7) is 8.27. The van der Waals surface area contributed by atoms with Crippen LogP contribution in [0.25, 0.3) is 22.3 Å². The van der Waals surface area contributed by atoms with Gasteiger partial charge >= 0.3 is 11.4 Å². The van der Waals surface area contributed by atoms with Gasteiger partial charge < -0.3 is 19.0 Å². The van der Waals surface area contributed by atoms with Gasteiger partial charge in [-0.25, -0.2) is 19.6 Å². The van der Waals surface area contributed by atoms with Crippen molar-refractivity contribution in [1.82, 2.24) is 37.4 Å². The molecule has 352 valence electrons. The van der Waals surface area contributed by atoms with Crippen molar-refractivity contribution < 1.29 is 9.84 Å². The highest BCUT2D eigenvalue weighted by molar-refractivity contribution is 14.1. The minimum absolute atomic E-state index is 0.0443. The summed E-state index contributed by atoms with van der Waals surface area (Å²) in [5, 5.41) is 9.44. The summed E-state index contributed by atoms with van der Waals surface area (Å²) in [4.78, 5) is 60.9. The summed E-state index contributed by atoms with van der Waals surface area (Å²) >= 11 is 9.32. The number of benzene rings is 4. The Balaban J connectivity index is 0.000000210. The van der Waals surface area contributed by atoms with Gasteiger partial charge in [-0.05, 0) is 75.4 Å². The number of aromatic nitrogens is 8. The zero-order chi connectivity index (χ0) is 48.5. The number of rotatable bonds is 13. The Hall–Kier alpha value is -5.21. The molecule has 0 spiro atoms. The lowest BCUT2D eigenvalue weighted by molar-refractivity contribution is 0.134. The maximum Gasteiger partial charge on any atom is 0.332 e. The van der Waals surface area contributed by atoms with E-state index in [2.05, 4.69) is 91.5 Å². The second-order valence-electron chi connectivity index (χ2n) is 16.0. The van der Waals surface area contributed by atoms with Gasteiger partial charge in [0.1, 0.15) is 11.6 Å². The summed E-state index contributed by atoms with van der Waals surface area (Å²) in [5.41, 5.74) is 6.11. The number of ether oxygens (including phenoxy) is 1. The van der Waals surface area contributed by atoms with Crippen molar-refractivity contribution >= 4 is 76.8 Å². The summed E-state index contributed by atoms with van der Waals surface area (Å²) in [6, 6.07) is 31.8. The van der Waals surface area contributed by atoms with Crippen LogP contribution in [0.2, 0.25) is 0 Å². The number of nitrogens with zero attached hydrogens (tertiary/aromatic N) is 8. The first-order chi connectivity index (χ1) is 32.1. The second kappa shape index (κ2) is 23.2. The lowest BCUT2D eigenvalue weighted by atomic mass is 9.94. The number of aliphatic hydroxyl groups is 1. The average molecular weight is 1150 g/mol. The van der Waals surface area contributed by atoms with E-state index in [1.54, 1.807) is 14.1 Å². The van der Waals surface area contributed by atoms with Gasteiger partial charge in [0.15, 0.2) is 22.3 Å². The summed E-state index contributed by atoms with van der Waals surface area (Å²) in [6.07, 6.45) is 1.25. The van der Waals surface area contributed by atoms with Gasteiger partial charge in [-0.15, -0.1) is 0 Å². The highest BCUT2D eigenvalue weighted by Gasteiger charge is 2.26. The topological polar surface area (TPSA) is 153 Å². The minimum Gasteiger partial charge on any atom is -0.392 e. The van der Waals surface area contributed by atoms with Crippen LogP contribution in [0.5, 0.6) is 0 Å². The van der Waals surface area contributed by atoms with Gasteiger partial charge in [-0.3, -0.25) is 27.9 Å².